The lowest BCUT2D eigenvalue weighted by Crippen LogP contribution is -2.26. The Morgan fingerprint density at radius 2 is 0.576 bits per heavy atom. The van der Waals surface area contributed by atoms with Gasteiger partial charge < -0.3 is 19.3 Å². The van der Waals surface area contributed by atoms with Crippen LogP contribution in [0, 0.1) is 0 Å². The van der Waals surface area contributed by atoms with Crippen molar-refractivity contribution in [3.05, 3.63) is 229 Å². The highest BCUT2D eigenvalue weighted by Gasteiger charge is 2.40. The molecule has 2 heterocycles. The number of fused-ring (bicyclic) bond motifs is 2. The predicted octanol–water partition coefficient (Wildman–Crippen LogP) is 14.0. The Hall–Kier alpha value is -9.14. The van der Waals surface area contributed by atoms with E-state index in [1.165, 1.54) is 0 Å². The first-order valence-electron chi connectivity index (χ1n) is 21.5. The topological polar surface area (TPSA) is 93.2 Å². The van der Waals surface area contributed by atoms with E-state index in [0.29, 0.717) is 22.3 Å². The zero-order valence-electron chi connectivity index (χ0n) is 35.0. The molecule has 0 bridgehead atoms. The van der Waals surface area contributed by atoms with Crippen LogP contribution < -0.4 is 9.80 Å². The number of hydrogen-bond donors (Lipinski definition) is 0. The molecule has 2 aliphatic heterocycles. The zero-order chi connectivity index (χ0) is 44.5. The van der Waals surface area contributed by atoms with Gasteiger partial charge in [-0.1, -0.05) is 133 Å². The molecule has 0 amide bonds. The van der Waals surface area contributed by atoms with Crippen LogP contribution in [0.5, 0.6) is 0 Å². The first kappa shape index (κ1) is 38.5. The van der Waals surface area contributed by atoms with E-state index in [2.05, 4.69) is 9.80 Å². The van der Waals surface area contributed by atoms with Gasteiger partial charge in [0.15, 0.2) is 0 Å². The summed E-state index contributed by atoms with van der Waals surface area (Å²) in [6, 6.07) is 66.9. The molecule has 0 radical (unpaired) electrons. The summed E-state index contributed by atoms with van der Waals surface area (Å²) in [5.74, 6) is -3.51. The Balaban J connectivity index is 1.10. The maximum Gasteiger partial charge on any atom is 0.347 e. The molecule has 10 aromatic rings. The van der Waals surface area contributed by atoms with Gasteiger partial charge in [-0.3, -0.25) is 0 Å². The van der Waals surface area contributed by atoms with Crippen molar-refractivity contribution < 1.29 is 28.7 Å². The summed E-state index contributed by atoms with van der Waals surface area (Å²) in [6.07, 6.45) is 0. The molecule has 12 rings (SSSR count). The molecule has 0 N–H and O–H groups in total. The third kappa shape index (κ3) is 6.00. The minimum absolute atomic E-state index is 0.0626. The summed E-state index contributed by atoms with van der Waals surface area (Å²) in [4.78, 5) is 61.0. The maximum atomic E-state index is 14.3. The molecule has 10 aromatic carbocycles. The second-order valence-electron chi connectivity index (χ2n) is 16.2. The van der Waals surface area contributed by atoms with Gasteiger partial charge in [0.2, 0.25) is 0 Å². The Morgan fingerprint density at radius 3 is 0.909 bits per heavy atom. The number of ether oxygens (including phenoxy) is 2. The van der Waals surface area contributed by atoms with Crippen LogP contribution in [-0.4, -0.2) is 23.9 Å². The van der Waals surface area contributed by atoms with Crippen molar-refractivity contribution in [2.45, 2.75) is 0 Å². The molecule has 8 nitrogen and oxygen atoms in total. The molecule has 0 aromatic heterocycles. The summed E-state index contributed by atoms with van der Waals surface area (Å²) >= 11 is 0. The lowest BCUT2D eigenvalue weighted by Gasteiger charge is -2.29. The average Bonchev–Trinajstić information content (AvgIpc) is 3.36. The SMILES string of the molecule is O=C1OC(=O)c2c(-c3ccc(N(c4ccccc4)c4ccccc4)c4ccccc34)cc3c4c(c(-c5ccc(N(c6ccccc6)c6ccccc6)c6ccccc56)cc1c24)C(=O)OC3=O. The number of carbonyl (C=O) groups is 4. The van der Waals surface area contributed by atoms with E-state index >= 15 is 0 Å². The highest BCUT2D eigenvalue weighted by molar-refractivity contribution is 6.34. The van der Waals surface area contributed by atoms with Crippen LogP contribution in [0.1, 0.15) is 41.4 Å². The number of benzene rings is 10. The number of hydrogen-bond acceptors (Lipinski definition) is 8. The van der Waals surface area contributed by atoms with E-state index in [0.717, 1.165) is 55.7 Å². The van der Waals surface area contributed by atoms with E-state index in [9.17, 15) is 19.2 Å². The van der Waals surface area contributed by atoms with Gasteiger partial charge in [0, 0.05) is 44.3 Å². The van der Waals surface area contributed by atoms with Crippen LogP contribution in [0.4, 0.5) is 34.1 Å². The largest absolute Gasteiger partial charge is 0.386 e. The Kier molecular flexibility index (Phi) is 8.93. The summed E-state index contributed by atoms with van der Waals surface area (Å²) in [5.41, 5.74) is 7.82. The average molecular weight is 855 g/mol. The first-order valence-corrected chi connectivity index (χ1v) is 21.5. The number of rotatable bonds is 8. The van der Waals surface area contributed by atoms with Gasteiger partial charge in [-0.25, -0.2) is 19.2 Å². The second kappa shape index (κ2) is 15.3. The van der Waals surface area contributed by atoms with Crippen LogP contribution in [0.2, 0.25) is 0 Å². The van der Waals surface area contributed by atoms with Crippen molar-refractivity contribution in [3.63, 3.8) is 0 Å². The smallest absolute Gasteiger partial charge is 0.347 e. The highest BCUT2D eigenvalue weighted by Crippen LogP contribution is 2.50. The van der Waals surface area contributed by atoms with Crippen molar-refractivity contribution in [1.29, 1.82) is 0 Å². The molecular weight excluding hydrogens is 821 g/mol. The molecule has 0 fully saturated rings. The van der Waals surface area contributed by atoms with Crippen LogP contribution in [-0.2, 0) is 9.47 Å². The van der Waals surface area contributed by atoms with E-state index in [4.69, 9.17) is 9.47 Å². The minimum Gasteiger partial charge on any atom is -0.386 e. The molecule has 312 valence electrons. The molecule has 2 aliphatic rings. The summed E-state index contributed by atoms with van der Waals surface area (Å²) < 4.78 is 11.1. The van der Waals surface area contributed by atoms with Crippen molar-refractivity contribution in [2.75, 3.05) is 9.80 Å². The quantitative estimate of drug-likeness (QED) is 0.110. The Bertz CT molecular complexity index is 3350. The summed E-state index contributed by atoms with van der Waals surface area (Å²) in [5, 5.41) is 3.65. The van der Waals surface area contributed by atoms with E-state index < -0.39 is 23.9 Å². The normalized spacial score (nSPS) is 12.9. The van der Waals surface area contributed by atoms with Crippen LogP contribution in [0.25, 0.3) is 54.6 Å². The van der Waals surface area contributed by atoms with Crippen LogP contribution in [0.15, 0.2) is 206 Å². The fraction of sp³-hybridized carbons (Fsp3) is 0. The third-order valence-electron chi connectivity index (χ3n) is 12.5. The van der Waals surface area contributed by atoms with Crippen molar-refractivity contribution >= 4 is 90.3 Å². The molecule has 0 saturated heterocycles. The number of nitrogens with zero attached hydrogens (tertiary/aromatic N) is 2. The van der Waals surface area contributed by atoms with Crippen molar-refractivity contribution in [2.24, 2.45) is 0 Å². The first-order chi connectivity index (χ1) is 32.4. The van der Waals surface area contributed by atoms with E-state index in [-0.39, 0.29) is 33.0 Å². The minimum atomic E-state index is -0.878. The van der Waals surface area contributed by atoms with Gasteiger partial charge >= 0.3 is 23.9 Å². The molecule has 0 aliphatic carbocycles. The highest BCUT2D eigenvalue weighted by atomic mass is 16.6. The number of para-hydroxylation sites is 4. The number of anilines is 6. The van der Waals surface area contributed by atoms with Crippen LogP contribution >= 0.6 is 0 Å². The van der Waals surface area contributed by atoms with E-state index in [1.807, 2.05) is 194 Å². The lowest BCUT2D eigenvalue weighted by molar-refractivity contribution is 0.0366. The van der Waals surface area contributed by atoms with Crippen molar-refractivity contribution in [3.8, 4) is 22.3 Å². The van der Waals surface area contributed by atoms with Gasteiger partial charge in [0.1, 0.15) is 0 Å². The second-order valence-corrected chi connectivity index (χ2v) is 16.2. The monoisotopic (exact) mass is 854 g/mol. The van der Waals surface area contributed by atoms with Crippen LogP contribution in [0.3, 0.4) is 0 Å². The Morgan fingerprint density at radius 1 is 0.273 bits per heavy atom. The lowest BCUT2D eigenvalue weighted by atomic mass is 9.80. The summed E-state index contributed by atoms with van der Waals surface area (Å²) in [7, 11) is 0. The van der Waals surface area contributed by atoms with Gasteiger partial charge in [0.05, 0.1) is 33.6 Å². The van der Waals surface area contributed by atoms with E-state index in [1.54, 1.807) is 12.1 Å². The third-order valence-corrected chi connectivity index (χ3v) is 12.5. The molecule has 66 heavy (non-hydrogen) atoms. The maximum absolute atomic E-state index is 14.3. The number of esters is 4. The standard InChI is InChI=1S/C58H34N2O6/c61-55-47-33-45(41-29-31-49(43-27-15-13-25-39(41)43)59(35-17-5-1-6-18-35)36-19-7-2-8-20-36)53-51-48(56(62)65-57(53)63)34-46(54(52(47)51)58(64)66-55)42-30-32-50(44-28-16-14-26-40(42)44)60(37-21-9-3-10-22-37)38-23-11-4-12-24-38/h1-34H. The number of carbonyl (C=O) groups excluding carboxylic acids is 4. The fourth-order valence-corrected chi connectivity index (χ4v) is 9.78. The van der Waals surface area contributed by atoms with Gasteiger partial charge in [0.25, 0.3) is 0 Å². The zero-order valence-corrected chi connectivity index (χ0v) is 35.0. The van der Waals surface area contributed by atoms with Gasteiger partial charge in [-0.2, -0.15) is 0 Å². The fourth-order valence-electron chi connectivity index (χ4n) is 9.78. The number of cyclic esters (lactones) is 4. The molecule has 0 atom stereocenters. The molecular formula is C58H34N2O6. The molecule has 0 saturated carbocycles. The predicted molar refractivity (Wildman–Crippen MR) is 259 cm³/mol. The van der Waals surface area contributed by atoms with Gasteiger partial charge in [-0.05, 0) is 106 Å². The summed E-state index contributed by atoms with van der Waals surface area (Å²) in [6.45, 7) is 0. The van der Waals surface area contributed by atoms with Crippen molar-refractivity contribution in [1.82, 2.24) is 0 Å². The molecule has 0 unspecified atom stereocenters. The molecule has 0 spiro atoms. The Labute approximate surface area is 378 Å². The molecule has 8 heteroatoms. The van der Waals surface area contributed by atoms with Gasteiger partial charge in [-0.15, -0.1) is 0 Å².